The molecule has 1 amide bonds. The first-order chi connectivity index (χ1) is 6.57. The molecule has 0 aromatic heterocycles. The quantitative estimate of drug-likeness (QED) is 0.700. The van der Waals surface area contributed by atoms with E-state index in [0.717, 1.165) is 0 Å². The lowest BCUT2D eigenvalue weighted by Gasteiger charge is -2.38. The third kappa shape index (κ3) is 2.25. The van der Waals surface area contributed by atoms with Gasteiger partial charge in [-0.25, -0.2) is 0 Å². The van der Waals surface area contributed by atoms with Gasteiger partial charge >= 0.3 is 0 Å². The highest BCUT2D eigenvalue weighted by Crippen LogP contribution is 2.14. The van der Waals surface area contributed by atoms with E-state index in [1.165, 1.54) is 0 Å². The summed E-state index contributed by atoms with van der Waals surface area (Å²) in [5.41, 5.74) is 5.72. The molecule has 0 aromatic carbocycles. The fraction of sp³-hybridized carbons (Fsp3) is 0.900. The maximum Gasteiger partial charge on any atom is 0.239 e. The fourth-order valence-electron chi connectivity index (χ4n) is 1.63. The Hall–Kier alpha value is -0.610. The second-order valence-corrected chi connectivity index (χ2v) is 3.86. The van der Waals surface area contributed by atoms with E-state index < -0.39 is 0 Å². The van der Waals surface area contributed by atoms with Crippen LogP contribution >= 0.6 is 0 Å². The van der Waals surface area contributed by atoms with Crippen LogP contribution in [0, 0.1) is 0 Å². The van der Waals surface area contributed by atoms with Crippen LogP contribution in [-0.4, -0.2) is 42.1 Å². The third-order valence-corrected chi connectivity index (χ3v) is 2.92. The van der Waals surface area contributed by atoms with Gasteiger partial charge in [0, 0.05) is 6.54 Å². The van der Waals surface area contributed by atoms with Crippen molar-refractivity contribution in [3.63, 3.8) is 0 Å². The number of amides is 1. The minimum absolute atomic E-state index is 0.0511. The van der Waals surface area contributed by atoms with Crippen LogP contribution in [0.5, 0.6) is 0 Å². The molecular formula is C10H20N2O2. The van der Waals surface area contributed by atoms with Gasteiger partial charge in [-0.15, -0.1) is 0 Å². The smallest absolute Gasteiger partial charge is 0.239 e. The van der Waals surface area contributed by atoms with E-state index in [1.54, 1.807) is 0 Å². The molecule has 4 nitrogen and oxygen atoms in total. The summed E-state index contributed by atoms with van der Waals surface area (Å²) < 4.78 is 5.45. The Labute approximate surface area is 85.4 Å². The highest BCUT2D eigenvalue weighted by molar-refractivity contribution is 5.82. The van der Waals surface area contributed by atoms with Crippen molar-refractivity contribution >= 4 is 5.91 Å². The van der Waals surface area contributed by atoms with Crippen LogP contribution in [0.3, 0.4) is 0 Å². The summed E-state index contributed by atoms with van der Waals surface area (Å²) in [6.45, 7) is 7.20. The Morgan fingerprint density at radius 2 is 2.29 bits per heavy atom. The molecule has 0 aromatic rings. The summed E-state index contributed by atoms with van der Waals surface area (Å²) in [7, 11) is 0. The molecular weight excluding hydrogens is 180 g/mol. The van der Waals surface area contributed by atoms with E-state index in [-0.39, 0.29) is 24.1 Å². The summed E-state index contributed by atoms with van der Waals surface area (Å²) in [4.78, 5) is 13.7. The van der Waals surface area contributed by atoms with E-state index in [2.05, 4.69) is 0 Å². The summed E-state index contributed by atoms with van der Waals surface area (Å²) in [6, 6.07) is -0.225. The molecule has 4 heteroatoms. The van der Waals surface area contributed by atoms with Crippen LogP contribution in [-0.2, 0) is 9.53 Å². The number of hydrogen-bond acceptors (Lipinski definition) is 3. The maximum atomic E-state index is 11.8. The maximum absolute atomic E-state index is 11.8. The van der Waals surface area contributed by atoms with Crippen LogP contribution < -0.4 is 5.73 Å². The van der Waals surface area contributed by atoms with Crippen LogP contribution in [0.2, 0.25) is 0 Å². The van der Waals surface area contributed by atoms with Crippen molar-refractivity contribution in [1.29, 1.82) is 0 Å². The molecule has 1 rings (SSSR count). The van der Waals surface area contributed by atoms with E-state index in [4.69, 9.17) is 10.5 Å². The topological polar surface area (TPSA) is 55.6 Å². The van der Waals surface area contributed by atoms with E-state index in [9.17, 15) is 4.79 Å². The lowest BCUT2D eigenvalue weighted by Crippen LogP contribution is -2.55. The Morgan fingerprint density at radius 1 is 1.64 bits per heavy atom. The monoisotopic (exact) mass is 200 g/mol. The lowest BCUT2D eigenvalue weighted by atomic mass is 10.1. The van der Waals surface area contributed by atoms with Gasteiger partial charge < -0.3 is 15.4 Å². The molecule has 82 valence electrons. The van der Waals surface area contributed by atoms with Gasteiger partial charge in [-0.1, -0.05) is 6.92 Å². The van der Waals surface area contributed by atoms with Gasteiger partial charge in [-0.05, 0) is 20.3 Å². The Balaban J connectivity index is 2.62. The molecule has 0 spiro atoms. The molecule has 1 aliphatic rings. The second-order valence-electron chi connectivity index (χ2n) is 3.86. The largest absolute Gasteiger partial charge is 0.375 e. The normalized spacial score (nSPS) is 30.1. The fourth-order valence-corrected chi connectivity index (χ4v) is 1.63. The van der Waals surface area contributed by atoms with Crippen molar-refractivity contribution < 1.29 is 9.53 Å². The van der Waals surface area contributed by atoms with E-state index in [1.807, 2.05) is 25.7 Å². The summed E-state index contributed by atoms with van der Waals surface area (Å²) in [5, 5.41) is 0. The number of morpholine rings is 1. The minimum Gasteiger partial charge on any atom is -0.375 e. The molecule has 3 atom stereocenters. The Morgan fingerprint density at radius 3 is 2.86 bits per heavy atom. The Bertz CT molecular complexity index is 208. The minimum atomic E-state index is -0.359. The lowest BCUT2D eigenvalue weighted by molar-refractivity contribution is -0.145. The molecule has 0 aliphatic carbocycles. The van der Waals surface area contributed by atoms with Crippen molar-refractivity contribution in [3.05, 3.63) is 0 Å². The highest BCUT2D eigenvalue weighted by Gasteiger charge is 2.30. The first-order valence-corrected chi connectivity index (χ1v) is 5.25. The van der Waals surface area contributed by atoms with Crippen LogP contribution in [0.15, 0.2) is 0 Å². The van der Waals surface area contributed by atoms with Gasteiger partial charge in [0.25, 0.3) is 0 Å². The molecule has 0 bridgehead atoms. The third-order valence-electron chi connectivity index (χ3n) is 2.92. The summed E-state index contributed by atoms with van der Waals surface area (Å²) in [6.07, 6.45) is 0.800. The van der Waals surface area contributed by atoms with Crippen LogP contribution in [0.4, 0.5) is 0 Å². The number of carbonyl (C=O) groups excluding carboxylic acids is 1. The number of rotatable bonds is 2. The predicted octanol–water partition coefficient (Wildman–Crippen LogP) is 0.360. The van der Waals surface area contributed by atoms with Gasteiger partial charge in [0.2, 0.25) is 5.91 Å². The molecule has 1 saturated heterocycles. The van der Waals surface area contributed by atoms with Gasteiger partial charge in [0.05, 0.1) is 24.8 Å². The molecule has 1 fully saturated rings. The average Bonchev–Trinajstić information content (AvgIpc) is 2.20. The van der Waals surface area contributed by atoms with Gasteiger partial charge in [-0.2, -0.15) is 0 Å². The SMILES string of the molecule is CCC(N)C(=O)N1CCOC(C)C1C. The molecule has 1 heterocycles. The second kappa shape index (κ2) is 4.75. The molecule has 14 heavy (non-hydrogen) atoms. The van der Waals surface area contributed by atoms with Crippen molar-refractivity contribution in [2.24, 2.45) is 5.73 Å². The van der Waals surface area contributed by atoms with E-state index in [0.29, 0.717) is 19.6 Å². The molecule has 1 aliphatic heterocycles. The molecule has 3 unspecified atom stereocenters. The first kappa shape index (κ1) is 11.5. The molecule has 0 radical (unpaired) electrons. The predicted molar refractivity (Wildman–Crippen MR) is 54.9 cm³/mol. The first-order valence-electron chi connectivity index (χ1n) is 5.25. The summed E-state index contributed by atoms with van der Waals surface area (Å²) >= 11 is 0. The summed E-state index contributed by atoms with van der Waals surface area (Å²) in [5.74, 6) is 0.0511. The highest BCUT2D eigenvalue weighted by atomic mass is 16.5. The van der Waals surface area contributed by atoms with Crippen molar-refractivity contribution in [3.8, 4) is 0 Å². The molecule has 0 saturated carbocycles. The van der Waals surface area contributed by atoms with Gasteiger partial charge in [0.1, 0.15) is 0 Å². The number of nitrogens with two attached hydrogens (primary N) is 1. The number of carbonyl (C=O) groups is 1. The number of hydrogen-bond donors (Lipinski definition) is 1. The van der Waals surface area contributed by atoms with E-state index >= 15 is 0 Å². The van der Waals surface area contributed by atoms with Crippen molar-refractivity contribution in [1.82, 2.24) is 4.90 Å². The van der Waals surface area contributed by atoms with Gasteiger partial charge in [-0.3, -0.25) is 4.79 Å². The zero-order valence-corrected chi connectivity index (χ0v) is 9.19. The number of ether oxygens (including phenoxy) is 1. The zero-order valence-electron chi connectivity index (χ0n) is 9.19. The number of nitrogens with zero attached hydrogens (tertiary/aromatic N) is 1. The average molecular weight is 200 g/mol. The Kier molecular flexibility index (Phi) is 3.89. The zero-order chi connectivity index (χ0) is 10.7. The standard InChI is InChI=1S/C10H20N2O2/c1-4-9(11)10(13)12-5-6-14-8(3)7(12)2/h7-9H,4-6,11H2,1-3H3. The van der Waals surface area contributed by atoms with Gasteiger partial charge in [0.15, 0.2) is 0 Å². The molecule has 2 N–H and O–H groups in total. The van der Waals surface area contributed by atoms with Crippen molar-refractivity contribution in [2.45, 2.75) is 45.4 Å². The van der Waals surface area contributed by atoms with Crippen molar-refractivity contribution in [2.75, 3.05) is 13.2 Å². The van der Waals surface area contributed by atoms with Crippen LogP contribution in [0.1, 0.15) is 27.2 Å². The van der Waals surface area contributed by atoms with Crippen LogP contribution in [0.25, 0.3) is 0 Å².